The predicted molar refractivity (Wildman–Crippen MR) is 104 cm³/mol. The number of furan rings is 1. The highest BCUT2D eigenvalue weighted by molar-refractivity contribution is 8.01. The highest BCUT2D eigenvalue weighted by Crippen LogP contribution is 2.43. The Balaban J connectivity index is 1.44. The van der Waals surface area contributed by atoms with E-state index in [0.717, 1.165) is 26.2 Å². The van der Waals surface area contributed by atoms with E-state index < -0.39 is 0 Å². The van der Waals surface area contributed by atoms with Crippen LogP contribution in [0.4, 0.5) is 0 Å². The number of carbonyl (C=O) groups is 1. The molecule has 0 saturated carbocycles. The Morgan fingerprint density at radius 3 is 2.74 bits per heavy atom. The summed E-state index contributed by atoms with van der Waals surface area (Å²) in [6.45, 7) is 3.94. The van der Waals surface area contributed by atoms with E-state index in [1.807, 2.05) is 0 Å². The number of nitrogens with zero attached hydrogens (tertiary/aromatic N) is 5. The Morgan fingerprint density at radius 1 is 1.22 bits per heavy atom. The SMILES string of the molecule is CN1CCN(C(c2cccs2)C2Sc3nc(-c4ccco4)nn3C2=O)CC1. The van der Waals surface area contributed by atoms with Crippen LogP contribution in [0.2, 0.25) is 0 Å². The normalized spacial score (nSPS) is 22.3. The summed E-state index contributed by atoms with van der Waals surface area (Å²) in [5, 5.41) is 6.90. The van der Waals surface area contributed by atoms with Crippen LogP contribution < -0.4 is 0 Å². The van der Waals surface area contributed by atoms with Gasteiger partial charge in [0.2, 0.25) is 5.82 Å². The van der Waals surface area contributed by atoms with Crippen molar-refractivity contribution < 1.29 is 9.21 Å². The molecule has 2 aliphatic rings. The number of carbonyl (C=O) groups excluding carboxylic acids is 1. The maximum Gasteiger partial charge on any atom is 0.264 e. The quantitative estimate of drug-likeness (QED) is 0.666. The van der Waals surface area contributed by atoms with E-state index in [2.05, 4.69) is 44.4 Å². The van der Waals surface area contributed by atoms with Gasteiger partial charge in [-0.15, -0.1) is 16.4 Å². The number of hydrogen-bond acceptors (Lipinski definition) is 8. The van der Waals surface area contributed by atoms with Gasteiger partial charge in [0.1, 0.15) is 5.25 Å². The molecule has 0 aromatic carbocycles. The molecule has 0 aliphatic carbocycles. The summed E-state index contributed by atoms with van der Waals surface area (Å²) in [4.78, 5) is 23.7. The molecule has 3 aromatic rings. The van der Waals surface area contributed by atoms with E-state index in [9.17, 15) is 4.79 Å². The molecule has 0 radical (unpaired) electrons. The summed E-state index contributed by atoms with van der Waals surface area (Å²) in [5.74, 6) is 1.04. The first-order valence-corrected chi connectivity index (χ1v) is 10.6. The van der Waals surface area contributed by atoms with Crippen LogP contribution in [0.1, 0.15) is 15.7 Å². The van der Waals surface area contributed by atoms with Gasteiger partial charge in [-0.2, -0.15) is 9.67 Å². The van der Waals surface area contributed by atoms with Gasteiger partial charge in [-0.05, 0) is 30.6 Å². The summed E-state index contributed by atoms with van der Waals surface area (Å²) in [7, 11) is 2.14. The Hall–Kier alpha value is -1.94. The zero-order chi connectivity index (χ0) is 18.4. The number of fused-ring (bicyclic) bond motifs is 1. The Kier molecular flexibility index (Phi) is 4.39. The molecule has 0 spiro atoms. The van der Waals surface area contributed by atoms with Gasteiger partial charge >= 0.3 is 0 Å². The lowest BCUT2D eigenvalue weighted by atomic mass is 10.1. The summed E-state index contributed by atoms with van der Waals surface area (Å²) >= 11 is 3.22. The van der Waals surface area contributed by atoms with Gasteiger partial charge in [-0.1, -0.05) is 17.8 Å². The van der Waals surface area contributed by atoms with Crippen LogP contribution in [-0.2, 0) is 0 Å². The minimum Gasteiger partial charge on any atom is -0.461 e. The Bertz CT molecular complexity index is 929. The number of hydrogen-bond donors (Lipinski definition) is 0. The molecule has 0 bridgehead atoms. The van der Waals surface area contributed by atoms with Gasteiger partial charge in [0.15, 0.2) is 10.9 Å². The predicted octanol–water partition coefficient (Wildman–Crippen LogP) is 2.70. The average Bonchev–Trinajstić information content (AvgIpc) is 3.44. The van der Waals surface area contributed by atoms with Gasteiger partial charge in [-0.3, -0.25) is 9.69 Å². The molecule has 1 saturated heterocycles. The van der Waals surface area contributed by atoms with Crippen molar-refractivity contribution in [2.24, 2.45) is 0 Å². The molecule has 140 valence electrons. The van der Waals surface area contributed by atoms with E-state index in [4.69, 9.17) is 4.42 Å². The second kappa shape index (κ2) is 6.90. The standard InChI is InChI=1S/C18H19N5O2S2/c1-21-6-8-22(9-7-21)14(13-5-3-11-26-13)15-17(24)23-18(27-15)19-16(20-23)12-4-2-10-25-12/h2-5,10-11,14-15H,6-9H2,1H3. The van der Waals surface area contributed by atoms with Crippen LogP contribution in [0.3, 0.4) is 0 Å². The molecule has 9 heteroatoms. The molecular formula is C18H19N5O2S2. The number of likely N-dealkylation sites (N-methyl/N-ethyl adjacent to an activating group) is 1. The summed E-state index contributed by atoms with van der Waals surface area (Å²) in [6, 6.07) is 7.82. The van der Waals surface area contributed by atoms with Crippen molar-refractivity contribution >= 4 is 29.0 Å². The molecule has 2 unspecified atom stereocenters. The minimum absolute atomic E-state index is 0.00219. The van der Waals surface area contributed by atoms with Crippen LogP contribution in [0.25, 0.3) is 11.6 Å². The molecule has 2 atom stereocenters. The van der Waals surface area contributed by atoms with Crippen molar-refractivity contribution in [1.82, 2.24) is 24.6 Å². The van der Waals surface area contributed by atoms with Gasteiger partial charge in [0.05, 0.1) is 12.3 Å². The Morgan fingerprint density at radius 2 is 2.07 bits per heavy atom. The zero-order valence-electron chi connectivity index (χ0n) is 14.8. The smallest absolute Gasteiger partial charge is 0.264 e. The zero-order valence-corrected chi connectivity index (χ0v) is 16.4. The maximum atomic E-state index is 13.2. The summed E-state index contributed by atoms with van der Waals surface area (Å²) in [5.41, 5.74) is 0. The number of aromatic nitrogens is 3. The number of rotatable bonds is 4. The lowest BCUT2D eigenvalue weighted by Crippen LogP contribution is -2.49. The number of piperazine rings is 1. The topological polar surface area (TPSA) is 67.4 Å². The lowest BCUT2D eigenvalue weighted by molar-refractivity contribution is 0.0772. The highest BCUT2D eigenvalue weighted by atomic mass is 32.2. The van der Waals surface area contributed by atoms with E-state index >= 15 is 0 Å². The van der Waals surface area contributed by atoms with Gasteiger partial charge in [-0.25, -0.2) is 0 Å². The van der Waals surface area contributed by atoms with E-state index in [1.165, 1.54) is 21.3 Å². The molecule has 0 N–H and O–H groups in total. The molecule has 7 nitrogen and oxygen atoms in total. The van der Waals surface area contributed by atoms with Crippen molar-refractivity contribution in [3.63, 3.8) is 0 Å². The summed E-state index contributed by atoms with van der Waals surface area (Å²) in [6.07, 6.45) is 1.58. The fourth-order valence-electron chi connectivity index (χ4n) is 3.59. The molecular weight excluding hydrogens is 382 g/mol. The average molecular weight is 402 g/mol. The number of thiophene rings is 1. The lowest BCUT2D eigenvalue weighted by Gasteiger charge is -2.39. The molecule has 1 fully saturated rings. The fraction of sp³-hybridized carbons (Fsp3) is 0.389. The van der Waals surface area contributed by atoms with Crippen LogP contribution in [0, 0.1) is 0 Å². The first-order valence-electron chi connectivity index (χ1n) is 8.88. The third-order valence-corrected chi connectivity index (χ3v) is 7.19. The third-order valence-electron chi connectivity index (χ3n) is 5.06. The molecule has 5 heterocycles. The van der Waals surface area contributed by atoms with E-state index in [1.54, 1.807) is 29.7 Å². The molecule has 27 heavy (non-hydrogen) atoms. The van der Waals surface area contributed by atoms with Crippen molar-refractivity contribution in [3.8, 4) is 11.6 Å². The van der Waals surface area contributed by atoms with Crippen molar-refractivity contribution in [1.29, 1.82) is 0 Å². The molecule has 3 aromatic heterocycles. The van der Waals surface area contributed by atoms with E-state index in [0.29, 0.717) is 16.7 Å². The fourth-order valence-corrected chi connectivity index (χ4v) is 5.82. The van der Waals surface area contributed by atoms with Crippen molar-refractivity contribution in [3.05, 3.63) is 40.8 Å². The van der Waals surface area contributed by atoms with Crippen LogP contribution >= 0.6 is 23.1 Å². The molecule has 0 amide bonds. The van der Waals surface area contributed by atoms with Crippen molar-refractivity contribution in [2.75, 3.05) is 33.2 Å². The maximum absolute atomic E-state index is 13.2. The second-order valence-corrected chi connectivity index (χ2v) is 8.87. The van der Waals surface area contributed by atoms with Crippen LogP contribution in [0.5, 0.6) is 0 Å². The number of thioether (sulfide) groups is 1. The molecule has 5 rings (SSSR count). The monoisotopic (exact) mass is 401 g/mol. The van der Waals surface area contributed by atoms with Crippen LogP contribution in [-0.4, -0.2) is 68.9 Å². The highest BCUT2D eigenvalue weighted by Gasteiger charge is 2.44. The Labute approximate surface area is 165 Å². The van der Waals surface area contributed by atoms with Crippen molar-refractivity contribution in [2.45, 2.75) is 16.4 Å². The third kappa shape index (κ3) is 3.04. The van der Waals surface area contributed by atoms with Gasteiger partial charge in [0, 0.05) is 31.1 Å². The van der Waals surface area contributed by atoms with Crippen LogP contribution in [0.15, 0.2) is 45.5 Å². The second-order valence-electron chi connectivity index (χ2n) is 6.78. The molecule has 2 aliphatic heterocycles. The largest absolute Gasteiger partial charge is 0.461 e. The van der Waals surface area contributed by atoms with Gasteiger partial charge in [0.25, 0.3) is 5.91 Å². The first-order chi connectivity index (χ1) is 13.2. The first kappa shape index (κ1) is 17.2. The van der Waals surface area contributed by atoms with Gasteiger partial charge < -0.3 is 9.32 Å². The minimum atomic E-state index is -0.229. The summed E-state index contributed by atoms with van der Waals surface area (Å²) < 4.78 is 6.81. The van der Waals surface area contributed by atoms with E-state index in [-0.39, 0.29) is 17.2 Å².